The van der Waals surface area contributed by atoms with Gasteiger partial charge in [-0.15, -0.1) is 0 Å². The van der Waals surface area contributed by atoms with Gasteiger partial charge in [0.1, 0.15) is 5.82 Å². The van der Waals surface area contributed by atoms with Gasteiger partial charge in [0.25, 0.3) is 5.91 Å². The molecule has 0 aromatic carbocycles. The summed E-state index contributed by atoms with van der Waals surface area (Å²) >= 11 is 0. The molecule has 1 saturated carbocycles. The minimum absolute atomic E-state index is 0.242. The highest BCUT2D eigenvalue weighted by Crippen LogP contribution is 2.26. The molecule has 108 valence electrons. The van der Waals surface area contributed by atoms with Gasteiger partial charge in [-0.3, -0.25) is 9.59 Å². The van der Waals surface area contributed by atoms with Crippen molar-refractivity contribution in [1.29, 1.82) is 0 Å². The maximum atomic E-state index is 12.2. The number of hydrogen-bond donors (Lipinski definition) is 2. The number of nitrogens with one attached hydrogen (secondary N) is 1. The summed E-state index contributed by atoms with van der Waals surface area (Å²) in [7, 11) is 3.70. The van der Waals surface area contributed by atoms with E-state index in [1.165, 1.54) is 0 Å². The summed E-state index contributed by atoms with van der Waals surface area (Å²) in [5.41, 5.74) is 0.500. The largest absolute Gasteiger partial charge is 0.481 e. The van der Waals surface area contributed by atoms with Crippen molar-refractivity contribution in [3.05, 3.63) is 23.9 Å². The number of carboxylic acid groups (broad SMARTS) is 1. The third kappa shape index (κ3) is 3.07. The van der Waals surface area contributed by atoms with Gasteiger partial charge in [-0.25, -0.2) is 4.98 Å². The molecule has 20 heavy (non-hydrogen) atoms. The van der Waals surface area contributed by atoms with Gasteiger partial charge in [-0.05, 0) is 25.0 Å². The Balaban J connectivity index is 2.08. The van der Waals surface area contributed by atoms with Gasteiger partial charge in [0.15, 0.2) is 0 Å². The lowest BCUT2D eigenvalue weighted by molar-refractivity contribution is -0.142. The summed E-state index contributed by atoms with van der Waals surface area (Å²) in [5, 5.41) is 11.9. The molecule has 0 saturated heterocycles. The van der Waals surface area contributed by atoms with Gasteiger partial charge < -0.3 is 15.3 Å². The van der Waals surface area contributed by atoms with Crippen molar-refractivity contribution in [2.24, 2.45) is 5.92 Å². The molecule has 2 atom stereocenters. The van der Waals surface area contributed by atoms with Gasteiger partial charge in [0, 0.05) is 31.9 Å². The zero-order valence-electron chi connectivity index (χ0n) is 11.7. The average Bonchev–Trinajstić information content (AvgIpc) is 2.87. The number of anilines is 1. The third-order valence-electron chi connectivity index (χ3n) is 3.62. The van der Waals surface area contributed by atoms with Gasteiger partial charge in [0.05, 0.1) is 5.92 Å². The maximum Gasteiger partial charge on any atom is 0.308 e. The lowest BCUT2D eigenvalue weighted by atomic mass is 10.0. The van der Waals surface area contributed by atoms with Crippen LogP contribution < -0.4 is 10.2 Å². The quantitative estimate of drug-likeness (QED) is 0.862. The number of hydrogen-bond acceptors (Lipinski definition) is 4. The number of aliphatic carboxylic acids is 1. The molecule has 1 amide bonds. The molecule has 0 radical (unpaired) electrons. The lowest BCUT2D eigenvalue weighted by Crippen LogP contribution is -2.40. The Morgan fingerprint density at radius 1 is 1.40 bits per heavy atom. The van der Waals surface area contributed by atoms with Crippen LogP contribution in [0, 0.1) is 5.92 Å². The Hall–Kier alpha value is -2.11. The first-order valence-corrected chi connectivity index (χ1v) is 6.66. The van der Waals surface area contributed by atoms with E-state index in [0.717, 1.165) is 6.42 Å². The van der Waals surface area contributed by atoms with Crippen molar-refractivity contribution in [2.75, 3.05) is 19.0 Å². The minimum Gasteiger partial charge on any atom is -0.481 e. The Morgan fingerprint density at radius 2 is 2.15 bits per heavy atom. The number of aromatic nitrogens is 1. The molecule has 2 unspecified atom stereocenters. The molecule has 6 heteroatoms. The molecule has 1 aromatic heterocycles. The van der Waals surface area contributed by atoms with Gasteiger partial charge in [-0.1, -0.05) is 6.42 Å². The second kappa shape index (κ2) is 5.90. The summed E-state index contributed by atoms with van der Waals surface area (Å²) < 4.78 is 0. The topological polar surface area (TPSA) is 82.5 Å². The highest BCUT2D eigenvalue weighted by molar-refractivity contribution is 5.95. The minimum atomic E-state index is -0.837. The van der Waals surface area contributed by atoms with E-state index in [-0.39, 0.29) is 11.9 Å². The summed E-state index contributed by atoms with van der Waals surface area (Å²) in [4.78, 5) is 29.3. The van der Waals surface area contributed by atoms with Crippen LogP contribution in [0.25, 0.3) is 0 Å². The van der Waals surface area contributed by atoms with E-state index < -0.39 is 11.9 Å². The van der Waals surface area contributed by atoms with Crippen LogP contribution in [-0.4, -0.2) is 42.1 Å². The predicted octanol–water partition coefficient (Wildman–Crippen LogP) is 1.13. The summed E-state index contributed by atoms with van der Waals surface area (Å²) in [5.74, 6) is -0.863. The van der Waals surface area contributed by atoms with E-state index in [0.29, 0.717) is 24.2 Å². The molecule has 1 aliphatic rings. The molecule has 2 rings (SSSR count). The van der Waals surface area contributed by atoms with Gasteiger partial charge in [-0.2, -0.15) is 0 Å². The Kier molecular flexibility index (Phi) is 4.22. The molecule has 1 aromatic rings. The van der Waals surface area contributed by atoms with E-state index in [2.05, 4.69) is 10.3 Å². The first kappa shape index (κ1) is 14.3. The number of carboxylic acids is 1. The van der Waals surface area contributed by atoms with E-state index in [9.17, 15) is 9.59 Å². The van der Waals surface area contributed by atoms with Crippen LogP contribution >= 0.6 is 0 Å². The fraction of sp³-hybridized carbons (Fsp3) is 0.500. The van der Waals surface area contributed by atoms with Crippen LogP contribution in [0.3, 0.4) is 0 Å². The second-order valence-electron chi connectivity index (χ2n) is 5.25. The van der Waals surface area contributed by atoms with E-state index >= 15 is 0 Å². The SMILES string of the molecule is CN(C)c1cc(C(=O)NC2CCCC2C(=O)O)ccn1. The standard InChI is InChI=1S/C14H19N3O3/c1-17(2)12-8-9(6-7-15-12)13(18)16-11-5-3-4-10(11)14(19)20/h6-8,10-11H,3-5H2,1-2H3,(H,16,18)(H,19,20). The van der Waals surface area contributed by atoms with Crippen molar-refractivity contribution in [1.82, 2.24) is 10.3 Å². The van der Waals surface area contributed by atoms with Crippen LogP contribution in [0.5, 0.6) is 0 Å². The highest BCUT2D eigenvalue weighted by atomic mass is 16.4. The summed E-state index contributed by atoms with van der Waals surface area (Å²) in [6.45, 7) is 0. The molecule has 6 nitrogen and oxygen atoms in total. The molecule has 1 fully saturated rings. The third-order valence-corrected chi connectivity index (χ3v) is 3.62. The molecule has 2 N–H and O–H groups in total. The molecular formula is C14H19N3O3. The number of pyridine rings is 1. The number of amides is 1. The first-order chi connectivity index (χ1) is 9.49. The lowest BCUT2D eigenvalue weighted by Gasteiger charge is -2.18. The van der Waals surface area contributed by atoms with Crippen molar-refractivity contribution < 1.29 is 14.7 Å². The summed E-state index contributed by atoms with van der Waals surface area (Å²) in [6, 6.07) is 3.04. The van der Waals surface area contributed by atoms with Gasteiger partial charge in [0.2, 0.25) is 0 Å². The fourth-order valence-corrected chi connectivity index (χ4v) is 2.48. The van der Waals surface area contributed by atoms with Crippen molar-refractivity contribution in [3.63, 3.8) is 0 Å². The van der Waals surface area contributed by atoms with E-state index in [4.69, 9.17) is 5.11 Å². The fourth-order valence-electron chi connectivity index (χ4n) is 2.48. The zero-order chi connectivity index (χ0) is 14.7. The first-order valence-electron chi connectivity index (χ1n) is 6.66. The molecule has 0 aliphatic heterocycles. The summed E-state index contributed by atoms with van der Waals surface area (Å²) in [6.07, 6.45) is 3.75. The number of carbonyl (C=O) groups is 2. The van der Waals surface area contributed by atoms with E-state index in [1.807, 2.05) is 19.0 Å². The van der Waals surface area contributed by atoms with Crippen molar-refractivity contribution in [2.45, 2.75) is 25.3 Å². The molecular weight excluding hydrogens is 258 g/mol. The molecule has 1 aliphatic carbocycles. The Bertz CT molecular complexity index is 516. The predicted molar refractivity (Wildman–Crippen MR) is 74.8 cm³/mol. The maximum absolute atomic E-state index is 12.2. The van der Waals surface area contributed by atoms with Crippen LogP contribution in [0.2, 0.25) is 0 Å². The van der Waals surface area contributed by atoms with Crippen LogP contribution in [-0.2, 0) is 4.79 Å². The number of nitrogens with zero attached hydrogens (tertiary/aromatic N) is 2. The van der Waals surface area contributed by atoms with Crippen LogP contribution in [0.1, 0.15) is 29.6 Å². The normalized spacial score (nSPS) is 21.5. The second-order valence-corrected chi connectivity index (χ2v) is 5.25. The van der Waals surface area contributed by atoms with Crippen LogP contribution in [0.4, 0.5) is 5.82 Å². The Labute approximate surface area is 117 Å². The van der Waals surface area contributed by atoms with Crippen LogP contribution in [0.15, 0.2) is 18.3 Å². The van der Waals surface area contributed by atoms with E-state index in [1.54, 1.807) is 18.3 Å². The average molecular weight is 277 g/mol. The molecule has 0 spiro atoms. The monoisotopic (exact) mass is 277 g/mol. The zero-order valence-corrected chi connectivity index (χ0v) is 11.7. The Morgan fingerprint density at radius 3 is 2.80 bits per heavy atom. The van der Waals surface area contributed by atoms with Crippen molar-refractivity contribution >= 4 is 17.7 Å². The number of carbonyl (C=O) groups excluding carboxylic acids is 1. The molecule has 0 bridgehead atoms. The smallest absolute Gasteiger partial charge is 0.308 e. The molecule has 1 heterocycles. The number of rotatable bonds is 4. The van der Waals surface area contributed by atoms with Crippen molar-refractivity contribution in [3.8, 4) is 0 Å². The van der Waals surface area contributed by atoms with Gasteiger partial charge >= 0.3 is 5.97 Å². The highest BCUT2D eigenvalue weighted by Gasteiger charge is 2.34.